The number of nitrogens with zero attached hydrogens (tertiary/aromatic N) is 1. The fourth-order valence-electron chi connectivity index (χ4n) is 4.07. The van der Waals surface area contributed by atoms with E-state index in [4.69, 9.17) is 4.74 Å². The molecule has 0 saturated carbocycles. The Hall–Kier alpha value is -4.71. The topological polar surface area (TPSA) is 75.7 Å². The van der Waals surface area contributed by atoms with Crippen molar-refractivity contribution in [2.75, 3.05) is 4.90 Å². The van der Waals surface area contributed by atoms with Crippen LogP contribution < -0.4 is 15.0 Å². The van der Waals surface area contributed by atoms with Crippen molar-refractivity contribution < 1.29 is 19.1 Å². The molecule has 0 aromatic heterocycles. The van der Waals surface area contributed by atoms with Gasteiger partial charge in [-0.3, -0.25) is 14.9 Å². The number of nitrogens with one attached hydrogen (secondary N) is 1. The number of rotatable bonds is 5. The van der Waals surface area contributed by atoms with Crippen LogP contribution in [0.3, 0.4) is 0 Å². The molecular formula is C29H22N2O4. The third kappa shape index (κ3) is 4.54. The van der Waals surface area contributed by atoms with Crippen molar-refractivity contribution >= 4 is 40.4 Å². The number of barbiturate groups is 1. The second kappa shape index (κ2) is 9.27. The van der Waals surface area contributed by atoms with Crippen LogP contribution in [0, 0.1) is 6.92 Å². The molecule has 6 heteroatoms. The highest BCUT2D eigenvalue weighted by Gasteiger charge is 2.36. The zero-order valence-electron chi connectivity index (χ0n) is 19.0. The molecule has 35 heavy (non-hydrogen) atoms. The van der Waals surface area contributed by atoms with Crippen molar-refractivity contribution in [1.82, 2.24) is 5.32 Å². The van der Waals surface area contributed by atoms with Crippen molar-refractivity contribution in [2.24, 2.45) is 0 Å². The van der Waals surface area contributed by atoms with Crippen LogP contribution >= 0.6 is 0 Å². The van der Waals surface area contributed by atoms with Gasteiger partial charge in [-0.05, 0) is 64.7 Å². The predicted octanol–water partition coefficient (Wildman–Crippen LogP) is 5.39. The molecular weight excluding hydrogens is 440 g/mol. The van der Waals surface area contributed by atoms with Gasteiger partial charge in [-0.25, -0.2) is 9.69 Å². The number of hydrogen-bond donors (Lipinski definition) is 1. The zero-order chi connectivity index (χ0) is 24.4. The van der Waals surface area contributed by atoms with Crippen LogP contribution in [0.25, 0.3) is 16.8 Å². The minimum absolute atomic E-state index is 0.115. The molecule has 0 atom stereocenters. The van der Waals surface area contributed by atoms with E-state index in [2.05, 4.69) is 23.5 Å². The summed E-state index contributed by atoms with van der Waals surface area (Å²) in [5.74, 6) is -0.725. The predicted molar refractivity (Wildman–Crippen MR) is 135 cm³/mol. The quantitative estimate of drug-likeness (QED) is 0.319. The maximum atomic E-state index is 13.0. The van der Waals surface area contributed by atoms with Gasteiger partial charge in [-0.15, -0.1) is 0 Å². The summed E-state index contributed by atoms with van der Waals surface area (Å²) in [6.07, 6.45) is 1.47. The van der Waals surface area contributed by atoms with Gasteiger partial charge in [0.1, 0.15) is 17.9 Å². The van der Waals surface area contributed by atoms with Gasteiger partial charge in [0.05, 0.1) is 5.69 Å². The van der Waals surface area contributed by atoms with Crippen molar-refractivity contribution in [3.8, 4) is 5.75 Å². The van der Waals surface area contributed by atoms with Gasteiger partial charge >= 0.3 is 6.03 Å². The van der Waals surface area contributed by atoms with E-state index in [-0.39, 0.29) is 5.57 Å². The molecule has 1 aliphatic heterocycles. The van der Waals surface area contributed by atoms with Crippen LogP contribution in [0.2, 0.25) is 0 Å². The van der Waals surface area contributed by atoms with E-state index < -0.39 is 17.8 Å². The van der Waals surface area contributed by atoms with Gasteiger partial charge in [0, 0.05) is 0 Å². The molecule has 0 radical (unpaired) electrons. The lowest BCUT2D eigenvalue weighted by atomic mass is 10.1. The summed E-state index contributed by atoms with van der Waals surface area (Å²) in [4.78, 5) is 38.8. The van der Waals surface area contributed by atoms with Gasteiger partial charge in [0.2, 0.25) is 0 Å². The standard InChI is InChI=1S/C29H22N2O4/c1-19-6-4-10-23(16-19)31-28(33)26(27(32)30-29(31)34)17-20-12-14-24(15-13-20)35-18-22-9-5-8-21-7-2-3-11-25(21)22/h2-17H,18H2,1H3,(H,30,32,34)/b26-17+. The van der Waals surface area contributed by atoms with Crippen LogP contribution in [-0.2, 0) is 16.2 Å². The zero-order valence-corrected chi connectivity index (χ0v) is 19.0. The lowest BCUT2D eigenvalue weighted by Gasteiger charge is -2.26. The fourth-order valence-corrected chi connectivity index (χ4v) is 4.07. The van der Waals surface area contributed by atoms with Crippen molar-refractivity contribution in [3.05, 3.63) is 113 Å². The first kappa shape index (κ1) is 22.1. The Kier molecular flexibility index (Phi) is 5.85. The minimum atomic E-state index is -0.764. The van der Waals surface area contributed by atoms with E-state index >= 15 is 0 Å². The summed E-state index contributed by atoms with van der Waals surface area (Å²) in [5, 5.41) is 4.55. The van der Waals surface area contributed by atoms with Crippen molar-refractivity contribution in [1.29, 1.82) is 0 Å². The minimum Gasteiger partial charge on any atom is -0.489 e. The lowest BCUT2D eigenvalue weighted by molar-refractivity contribution is -0.122. The normalized spacial score (nSPS) is 14.9. The highest BCUT2D eigenvalue weighted by Crippen LogP contribution is 2.24. The number of benzene rings is 4. The second-order valence-corrected chi connectivity index (χ2v) is 8.29. The Bertz CT molecular complexity index is 1480. The first-order valence-electron chi connectivity index (χ1n) is 11.2. The molecule has 1 N–H and O–H groups in total. The number of fused-ring (bicyclic) bond motifs is 1. The van der Waals surface area contributed by atoms with E-state index in [1.807, 2.05) is 37.3 Å². The van der Waals surface area contributed by atoms with Gasteiger partial charge in [0.25, 0.3) is 11.8 Å². The fraction of sp³-hybridized carbons (Fsp3) is 0.0690. The average molecular weight is 463 g/mol. The number of carbonyl (C=O) groups excluding carboxylic acids is 3. The van der Waals surface area contributed by atoms with Gasteiger partial charge < -0.3 is 4.74 Å². The Morgan fingerprint density at radius 2 is 1.60 bits per heavy atom. The summed E-state index contributed by atoms with van der Waals surface area (Å²) >= 11 is 0. The maximum absolute atomic E-state index is 13.0. The number of aryl methyl sites for hydroxylation is 1. The van der Waals surface area contributed by atoms with E-state index in [1.165, 1.54) is 6.08 Å². The van der Waals surface area contributed by atoms with Crippen molar-refractivity contribution in [2.45, 2.75) is 13.5 Å². The molecule has 1 saturated heterocycles. The number of ether oxygens (including phenoxy) is 1. The largest absolute Gasteiger partial charge is 0.489 e. The molecule has 1 aliphatic rings. The smallest absolute Gasteiger partial charge is 0.335 e. The molecule has 6 nitrogen and oxygen atoms in total. The van der Waals surface area contributed by atoms with Crippen LogP contribution in [0.4, 0.5) is 10.5 Å². The van der Waals surface area contributed by atoms with Crippen LogP contribution in [0.1, 0.15) is 16.7 Å². The maximum Gasteiger partial charge on any atom is 0.335 e. The molecule has 0 spiro atoms. The summed E-state index contributed by atoms with van der Waals surface area (Å²) in [6.45, 7) is 2.28. The van der Waals surface area contributed by atoms with E-state index in [0.717, 1.165) is 26.8 Å². The molecule has 5 rings (SSSR count). The number of amides is 4. The first-order chi connectivity index (χ1) is 17.0. The molecule has 1 heterocycles. The Balaban J connectivity index is 1.34. The number of hydrogen-bond acceptors (Lipinski definition) is 4. The molecule has 172 valence electrons. The number of anilines is 1. The third-order valence-corrected chi connectivity index (χ3v) is 5.83. The second-order valence-electron chi connectivity index (χ2n) is 8.29. The number of carbonyl (C=O) groups is 3. The third-order valence-electron chi connectivity index (χ3n) is 5.83. The number of imide groups is 2. The van der Waals surface area contributed by atoms with Crippen molar-refractivity contribution in [3.63, 3.8) is 0 Å². The average Bonchev–Trinajstić information content (AvgIpc) is 2.86. The van der Waals surface area contributed by atoms with E-state index in [1.54, 1.807) is 42.5 Å². The van der Waals surface area contributed by atoms with Crippen LogP contribution in [-0.4, -0.2) is 17.8 Å². The van der Waals surface area contributed by atoms with Gasteiger partial charge in [-0.1, -0.05) is 66.7 Å². The molecule has 4 aromatic rings. The summed E-state index contributed by atoms with van der Waals surface area (Å²) in [7, 11) is 0. The monoisotopic (exact) mass is 462 g/mol. The SMILES string of the molecule is Cc1cccc(N2C(=O)NC(=O)/C(=C\c3ccc(OCc4cccc5ccccc45)cc3)C2=O)c1. The summed E-state index contributed by atoms with van der Waals surface area (Å²) < 4.78 is 5.97. The number of urea groups is 1. The molecule has 0 unspecified atom stereocenters. The molecule has 0 bridgehead atoms. The van der Waals surface area contributed by atoms with Crippen LogP contribution in [0.5, 0.6) is 5.75 Å². The molecule has 0 aliphatic carbocycles. The molecule has 4 amide bonds. The highest BCUT2D eigenvalue weighted by molar-refractivity contribution is 6.39. The van der Waals surface area contributed by atoms with E-state index in [9.17, 15) is 14.4 Å². The van der Waals surface area contributed by atoms with E-state index in [0.29, 0.717) is 23.6 Å². The Labute approximate surface area is 202 Å². The highest BCUT2D eigenvalue weighted by atomic mass is 16.5. The Morgan fingerprint density at radius 1 is 0.857 bits per heavy atom. The molecule has 1 fully saturated rings. The van der Waals surface area contributed by atoms with Crippen LogP contribution in [0.15, 0.2) is 96.6 Å². The summed E-state index contributed by atoms with van der Waals surface area (Å²) in [6, 6.07) is 27.6. The lowest BCUT2D eigenvalue weighted by Crippen LogP contribution is -2.54. The Morgan fingerprint density at radius 3 is 2.40 bits per heavy atom. The first-order valence-corrected chi connectivity index (χ1v) is 11.2. The van der Waals surface area contributed by atoms with Gasteiger partial charge in [0.15, 0.2) is 0 Å². The van der Waals surface area contributed by atoms with Gasteiger partial charge in [-0.2, -0.15) is 0 Å². The summed E-state index contributed by atoms with van der Waals surface area (Å²) in [5.41, 5.74) is 2.91. The molecule has 4 aromatic carbocycles.